The predicted molar refractivity (Wildman–Crippen MR) is 71.3 cm³/mol. The Bertz CT molecular complexity index is 355. The van der Waals surface area contributed by atoms with E-state index in [2.05, 4.69) is 32.0 Å². The van der Waals surface area contributed by atoms with Crippen molar-refractivity contribution in [1.82, 2.24) is 0 Å². The molecule has 1 saturated carbocycles. The van der Waals surface area contributed by atoms with Gasteiger partial charge in [-0.05, 0) is 62.9 Å². The molecule has 0 spiro atoms. The van der Waals surface area contributed by atoms with E-state index in [1.807, 2.05) is 0 Å². The summed E-state index contributed by atoms with van der Waals surface area (Å²) in [7, 11) is 0. The van der Waals surface area contributed by atoms with E-state index in [1.54, 1.807) is 0 Å². The molecule has 1 fully saturated rings. The van der Waals surface area contributed by atoms with Gasteiger partial charge >= 0.3 is 0 Å². The summed E-state index contributed by atoms with van der Waals surface area (Å²) >= 11 is 0. The summed E-state index contributed by atoms with van der Waals surface area (Å²) in [5.74, 6) is 1.54. The molecule has 0 aromatic heterocycles. The minimum Gasteiger partial charge on any atom is -0.490 e. The maximum Gasteiger partial charge on any atom is 0.120 e. The van der Waals surface area contributed by atoms with E-state index in [4.69, 9.17) is 10.5 Å². The van der Waals surface area contributed by atoms with Gasteiger partial charge in [-0.1, -0.05) is 12.5 Å². The largest absolute Gasteiger partial charge is 0.490 e. The number of benzene rings is 1. The van der Waals surface area contributed by atoms with Crippen LogP contribution in [0.5, 0.6) is 5.75 Å². The maximum absolute atomic E-state index is 6.14. The van der Waals surface area contributed by atoms with Gasteiger partial charge in [0.25, 0.3) is 0 Å². The van der Waals surface area contributed by atoms with E-state index < -0.39 is 0 Å². The molecule has 0 amide bonds. The van der Waals surface area contributed by atoms with Gasteiger partial charge in [-0.25, -0.2) is 0 Å². The average molecular weight is 233 g/mol. The molecule has 0 saturated heterocycles. The number of ether oxygens (including phenoxy) is 1. The first-order chi connectivity index (χ1) is 8.19. The van der Waals surface area contributed by atoms with Crippen LogP contribution in [0, 0.1) is 19.8 Å². The van der Waals surface area contributed by atoms with Gasteiger partial charge in [0.15, 0.2) is 0 Å². The smallest absolute Gasteiger partial charge is 0.120 e. The standard InChI is InChI=1S/C15H23NO/c1-11-7-12(2)9-14(8-11)17-15-6-4-3-5-13(15)10-16/h7-9,13,15H,3-6,10,16H2,1-2H3. The lowest BCUT2D eigenvalue weighted by molar-refractivity contribution is 0.0969. The van der Waals surface area contributed by atoms with E-state index in [0.29, 0.717) is 12.0 Å². The molecule has 2 rings (SSSR count). The summed E-state index contributed by atoms with van der Waals surface area (Å²) in [5.41, 5.74) is 8.36. The van der Waals surface area contributed by atoms with Crippen molar-refractivity contribution < 1.29 is 4.74 Å². The first-order valence-electron chi connectivity index (χ1n) is 6.64. The van der Waals surface area contributed by atoms with Crippen molar-refractivity contribution in [2.45, 2.75) is 45.6 Å². The fourth-order valence-electron chi connectivity index (χ4n) is 2.77. The van der Waals surface area contributed by atoms with Crippen LogP contribution in [0.3, 0.4) is 0 Å². The second-order valence-corrected chi connectivity index (χ2v) is 5.26. The van der Waals surface area contributed by atoms with Gasteiger partial charge < -0.3 is 10.5 Å². The van der Waals surface area contributed by atoms with Crippen molar-refractivity contribution in [2.24, 2.45) is 11.7 Å². The van der Waals surface area contributed by atoms with Crippen LogP contribution in [0.15, 0.2) is 18.2 Å². The van der Waals surface area contributed by atoms with Crippen LogP contribution >= 0.6 is 0 Å². The van der Waals surface area contributed by atoms with Crippen LogP contribution in [0.4, 0.5) is 0 Å². The molecule has 1 aliphatic carbocycles. The predicted octanol–water partition coefficient (Wildman–Crippen LogP) is 3.20. The summed E-state index contributed by atoms with van der Waals surface area (Å²) in [4.78, 5) is 0. The number of hydrogen-bond acceptors (Lipinski definition) is 2. The quantitative estimate of drug-likeness (QED) is 0.870. The molecular formula is C15H23NO. The zero-order chi connectivity index (χ0) is 12.3. The van der Waals surface area contributed by atoms with Gasteiger partial charge in [-0.2, -0.15) is 0 Å². The number of hydrogen-bond donors (Lipinski definition) is 1. The molecule has 2 nitrogen and oxygen atoms in total. The first-order valence-corrected chi connectivity index (χ1v) is 6.64. The summed E-state index contributed by atoms with van der Waals surface area (Å²) < 4.78 is 6.14. The van der Waals surface area contributed by atoms with E-state index in [0.717, 1.165) is 18.7 Å². The maximum atomic E-state index is 6.14. The zero-order valence-corrected chi connectivity index (χ0v) is 10.9. The van der Waals surface area contributed by atoms with Crippen molar-refractivity contribution in [3.05, 3.63) is 29.3 Å². The van der Waals surface area contributed by atoms with E-state index in [-0.39, 0.29) is 0 Å². The molecule has 94 valence electrons. The third-order valence-electron chi connectivity index (χ3n) is 3.62. The third kappa shape index (κ3) is 3.22. The Kier molecular flexibility index (Phi) is 4.06. The Hall–Kier alpha value is -1.02. The summed E-state index contributed by atoms with van der Waals surface area (Å²) in [6, 6.07) is 6.42. The Labute approximate surface area is 104 Å². The van der Waals surface area contributed by atoms with Crippen molar-refractivity contribution in [1.29, 1.82) is 0 Å². The summed E-state index contributed by atoms with van der Waals surface area (Å²) in [6.45, 7) is 4.97. The molecule has 2 unspecified atom stereocenters. The SMILES string of the molecule is Cc1cc(C)cc(OC2CCCCC2CN)c1. The van der Waals surface area contributed by atoms with Gasteiger partial charge in [-0.3, -0.25) is 0 Å². The van der Waals surface area contributed by atoms with Crippen molar-refractivity contribution in [3.8, 4) is 5.75 Å². The fraction of sp³-hybridized carbons (Fsp3) is 0.600. The summed E-state index contributed by atoms with van der Waals surface area (Å²) in [5, 5.41) is 0. The van der Waals surface area contributed by atoms with Crippen molar-refractivity contribution in [3.63, 3.8) is 0 Å². The molecule has 0 bridgehead atoms. The van der Waals surface area contributed by atoms with E-state index in [1.165, 1.54) is 30.4 Å². The number of rotatable bonds is 3. The van der Waals surface area contributed by atoms with Crippen LogP contribution in [-0.2, 0) is 0 Å². The van der Waals surface area contributed by atoms with Gasteiger partial charge in [0.2, 0.25) is 0 Å². The number of aryl methyl sites for hydroxylation is 2. The molecule has 1 aromatic carbocycles. The highest BCUT2D eigenvalue weighted by molar-refractivity contribution is 5.33. The fourth-order valence-corrected chi connectivity index (χ4v) is 2.77. The summed E-state index contributed by atoms with van der Waals surface area (Å²) in [6.07, 6.45) is 5.25. The van der Waals surface area contributed by atoms with Crippen LogP contribution in [0.25, 0.3) is 0 Å². The molecule has 17 heavy (non-hydrogen) atoms. The normalized spacial score (nSPS) is 24.6. The van der Waals surface area contributed by atoms with E-state index in [9.17, 15) is 0 Å². The lowest BCUT2D eigenvalue weighted by Gasteiger charge is -2.31. The minimum atomic E-state index is 0.315. The Morgan fingerprint density at radius 2 is 1.76 bits per heavy atom. The minimum absolute atomic E-state index is 0.315. The lowest BCUT2D eigenvalue weighted by Crippen LogP contribution is -2.35. The molecule has 2 heteroatoms. The highest BCUT2D eigenvalue weighted by Gasteiger charge is 2.25. The second kappa shape index (κ2) is 5.54. The molecule has 0 aliphatic heterocycles. The van der Waals surface area contributed by atoms with Crippen LogP contribution in [0.1, 0.15) is 36.8 Å². The van der Waals surface area contributed by atoms with Crippen molar-refractivity contribution >= 4 is 0 Å². The van der Waals surface area contributed by atoms with Crippen LogP contribution in [-0.4, -0.2) is 12.6 Å². The Morgan fingerprint density at radius 3 is 2.41 bits per heavy atom. The van der Waals surface area contributed by atoms with Crippen molar-refractivity contribution in [2.75, 3.05) is 6.54 Å². The van der Waals surface area contributed by atoms with Gasteiger partial charge in [-0.15, -0.1) is 0 Å². The monoisotopic (exact) mass is 233 g/mol. The molecule has 1 aliphatic rings. The topological polar surface area (TPSA) is 35.2 Å². The lowest BCUT2D eigenvalue weighted by atomic mass is 9.86. The average Bonchev–Trinajstić information content (AvgIpc) is 2.28. The Balaban J connectivity index is 2.08. The van der Waals surface area contributed by atoms with Crippen LogP contribution in [0.2, 0.25) is 0 Å². The Morgan fingerprint density at radius 1 is 1.12 bits per heavy atom. The first kappa shape index (κ1) is 12.4. The molecule has 0 radical (unpaired) electrons. The molecule has 0 heterocycles. The number of nitrogens with two attached hydrogens (primary N) is 1. The highest BCUT2D eigenvalue weighted by atomic mass is 16.5. The second-order valence-electron chi connectivity index (χ2n) is 5.26. The molecule has 1 aromatic rings. The van der Waals surface area contributed by atoms with E-state index >= 15 is 0 Å². The molecular weight excluding hydrogens is 210 g/mol. The van der Waals surface area contributed by atoms with Gasteiger partial charge in [0, 0.05) is 5.92 Å². The third-order valence-corrected chi connectivity index (χ3v) is 3.62. The van der Waals surface area contributed by atoms with Gasteiger partial charge in [0.1, 0.15) is 11.9 Å². The molecule has 2 N–H and O–H groups in total. The highest BCUT2D eigenvalue weighted by Crippen LogP contribution is 2.28. The van der Waals surface area contributed by atoms with Gasteiger partial charge in [0.05, 0.1) is 0 Å². The molecule has 2 atom stereocenters. The zero-order valence-electron chi connectivity index (χ0n) is 10.9. The van der Waals surface area contributed by atoms with Crippen LogP contribution < -0.4 is 10.5 Å².